The zero-order chi connectivity index (χ0) is 23.3. The van der Waals surface area contributed by atoms with Crippen molar-refractivity contribution < 1.29 is 9.53 Å². The van der Waals surface area contributed by atoms with Crippen LogP contribution in [0.5, 0.6) is 5.75 Å². The Morgan fingerprint density at radius 2 is 2.06 bits per heavy atom. The topological polar surface area (TPSA) is 122 Å². The summed E-state index contributed by atoms with van der Waals surface area (Å²) in [5, 5.41) is 13.0. The van der Waals surface area contributed by atoms with E-state index in [-0.39, 0.29) is 18.4 Å². The van der Waals surface area contributed by atoms with E-state index in [0.717, 1.165) is 59.3 Å². The maximum atomic E-state index is 12.8. The average Bonchev–Trinajstić information content (AvgIpc) is 3.47. The molecule has 174 valence electrons. The number of ether oxygens (including phenoxy) is 1. The molecule has 9 heteroatoms. The molecule has 0 spiro atoms. The summed E-state index contributed by atoms with van der Waals surface area (Å²) in [7, 11) is 0. The molecule has 0 saturated heterocycles. The minimum absolute atomic E-state index is 0.0914. The number of nitriles is 1. The summed E-state index contributed by atoms with van der Waals surface area (Å²) in [5.74, 6) is 1.84. The molecule has 1 saturated carbocycles. The molecule has 34 heavy (non-hydrogen) atoms. The van der Waals surface area contributed by atoms with Gasteiger partial charge in [0.25, 0.3) is 0 Å². The van der Waals surface area contributed by atoms with Crippen LogP contribution in [0, 0.1) is 17.2 Å². The third-order valence-corrected chi connectivity index (χ3v) is 6.53. The second-order valence-electron chi connectivity index (χ2n) is 8.72. The summed E-state index contributed by atoms with van der Waals surface area (Å²) in [4.78, 5) is 29.2. The minimum atomic E-state index is -0.0914. The summed E-state index contributed by atoms with van der Waals surface area (Å²) >= 11 is 0. The fourth-order valence-electron chi connectivity index (χ4n) is 4.89. The van der Waals surface area contributed by atoms with E-state index >= 15 is 0 Å². The smallest absolute Gasteiger partial charge is 0.227 e. The van der Waals surface area contributed by atoms with E-state index in [2.05, 4.69) is 30.9 Å². The quantitative estimate of drug-likeness (QED) is 0.389. The number of aromatic nitrogens is 5. The van der Waals surface area contributed by atoms with Gasteiger partial charge in [0.05, 0.1) is 30.7 Å². The van der Waals surface area contributed by atoms with Gasteiger partial charge in [0.1, 0.15) is 29.3 Å². The number of hydrogen-bond donors (Lipinski definition) is 2. The Labute approximate surface area is 197 Å². The van der Waals surface area contributed by atoms with Crippen molar-refractivity contribution in [3.05, 3.63) is 48.8 Å². The third kappa shape index (κ3) is 4.57. The molecule has 2 N–H and O–H groups in total. The number of fused-ring (bicyclic) bond motifs is 3. The van der Waals surface area contributed by atoms with Gasteiger partial charge in [-0.1, -0.05) is 0 Å². The van der Waals surface area contributed by atoms with Crippen LogP contribution >= 0.6 is 0 Å². The molecule has 0 radical (unpaired) electrons. The lowest BCUT2D eigenvalue weighted by molar-refractivity contribution is -0.120. The van der Waals surface area contributed by atoms with Crippen molar-refractivity contribution in [2.75, 3.05) is 13.2 Å². The van der Waals surface area contributed by atoms with Crippen LogP contribution < -0.4 is 10.1 Å². The van der Waals surface area contributed by atoms with E-state index in [0.29, 0.717) is 25.5 Å². The molecule has 4 aromatic heterocycles. The Hall–Kier alpha value is -3.93. The lowest BCUT2D eigenvalue weighted by Gasteiger charge is -2.30. The van der Waals surface area contributed by atoms with Gasteiger partial charge in [-0.15, -0.1) is 0 Å². The molecular formula is C25H27N7O2. The van der Waals surface area contributed by atoms with E-state index in [1.54, 1.807) is 30.7 Å². The number of amides is 1. The highest BCUT2D eigenvalue weighted by molar-refractivity contribution is 6.01. The lowest BCUT2D eigenvalue weighted by atomic mass is 9.84. The number of rotatable bonds is 8. The summed E-state index contributed by atoms with van der Waals surface area (Å²) in [5.41, 5.74) is 2.64. The van der Waals surface area contributed by atoms with E-state index in [9.17, 15) is 4.79 Å². The van der Waals surface area contributed by atoms with E-state index < -0.39 is 0 Å². The molecule has 1 aliphatic carbocycles. The molecule has 1 aliphatic rings. The van der Waals surface area contributed by atoms with Crippen LogP contribution in [0.3, 0.4) is 0 Å². The Morgan fingerprint density at radius 1 is 1.24 bits per heavy atom. The highest BCUT2D eigenvalue weighted by Gasteiger charge is 2.27. The van der Waals surface area contributed by atoms with Crippen LogP contribution in [-0.2, 0) is 11.2 Å². The normalized spacial score (nSPS) is 18.1. The molecule has 0 aromatic carbocycles. The number of nitrogens with one attached hydrogen (secondary N) is 2. The molecule has 0 atom stereocenters. The monoisotopic (exact) mass is 457 g/mol. The van der Waals surface area contributed by atoms with Crippen molar-refractivity contribution in [3.63, 3.8) is 0 Å². The number of imidazole rings is 1. The van der Waals surface area contributed by atoms with Gasteiger partial charge < -0.3 is 19.6 Å². The number of aromatic amines is 1. The van der Waals surface area contributed by atoms with E-state index in [4.69, 9.17) is 15.0 Å². The standard InChI is InChI=1S/C25H27N7O2/c26-9-5-17-1-3-18(4-2-17)32-22(31-21-16-30-25-20(24(21)32)8-12-29-25)15-23(33)28-13-14-34-19-6-10-27-11-7-19/h6-8,10-12,16-18H,1-5,13-15H2,(H,28,33)(H,29,30)/t17-,18-. The zero-order valence-corrected chi connectivity index (χ0v) is 18.9. The summed E-state index contributed by atoms with van der Waals surface area (Å²) in [6.07, 6.45) is 11.8. The predicted molar refractivity (Wildman–Crippen MR) is 127 cm³/mol. The first-order valence-electron chi connectivity index (χ1n) is 11.7. The largest absolute Gasteiger partial charge is 0.492 e. The molecule has 0 bridgehead atoms. The lowest BCUT2D eigenvalue weighted by Crippen LogP contribution is -2.31. The molecule has 0 aliphatic heterocycles. The Bertz CT molecular complexity index is 1310. The molecule has 4 aromatic rings. The van der Waals surface area contributed by atoms with Gasteiger partial charge in [-0.25, -0.2) is 9.97 Å². The molecule has 9 nitrogen and oxygen atoms in total. The van der Waals surface area contributed by atoms with Gasteiger partial charge in [-0.3, -0.25) is 9.78 Å². The molecular weight excluding hydrogens is 430 g/mol. The van der Waals surface area contributed by atoms with Crippen LogP contribution in [-0.4, -0.2) is 43.6 Å². The molecule has 1 amide bonds. The second kappa shape index (κ2) is 9.91. The van der Waals surface area contributed by atoms with Crippen LogP contribution in [0.25, 0.3) is 22.1 Å². The zero-order valence-electron chi connectivity index (χ0n) is 18.9. The van der Waals surface area contributed by atoms with Crippen molar-refractivity contribution in [3.8, 4) is 11.8 Å². The first kappa shape index (κ1) is 21.9. The van der Waals surface area contributed by atoms with Crippen molar-refractivity contribution in [1.29, 1.82) is 5.26 Å². The fraction of sp³-hybridized carbons (Fsp3) is 0.400. The summed E-state index contributed by atoms with van der Waals surface area (Å²) in [6.45, 7) is 0.785. The van der Waals surface area contributed by atoms with Gasteiger partial charge in [-0.2, -0.15) is 5.26 Å². The molecule has 5 rings (SSSR count). The predicted octanol–water partition coefficient (Wildman–Crippen LogP) is 3.69. The second-order valence-corrected chi connectivity index (χ2v) is 8.72. The number of H-pyrrole nitrogens is 1. The van der Waals surface area contributed by atoms with Gasteiger partial charge in [-0.05, 0) is 49.8 Å². The minimum Gasteiger partial charge on any atom is -0.492 e. The Kier molecular flexibility index (Phi) is 6.38. The van der Waals surface area contributed by atoms with Crippen molar-refractivity contribution in [2.24, 2.45) is 5.92 Å². The highest BCUT2D eigenvalue weighted by Crippen LogP contribution is 2.37. The third-order valence-electron chi connectivity index (χ3n) is 6.53. The first-order valence-corrected chi connectivity index (χ1v) is 11.7. The first-order chi connectivity index (χ1) is 16.7. The number of carbonyl (C=O) groups is 1. The van der Waals surface area contributed by atoms with Crippen molar-refractivity contribution >= 4 is 28.0 Å². The highest BCUT2D eigenvalue weighted by atomic mass is 16.5. The fourth-order valence-corrected chi connectivity index (χ4v) is 4.89. The van der Waals surface area contributed by atoms with Gasteiger partial charge in [0.2, 0.25) is 5.91 Å². The summed E-state index contributed by atoms with van der Waals surface area (Å²) < 4.78 is 7.89. The molecule has 1 fully saturated rings. The van der Waals surface area contributed by atoms with E-state index in [1.807, 2.05) is 12.3 Å². The van der Waals surface area contributed by atoms with Gasteiger partial charge in [0, 0.05) is 36.4 Å². The number of carbonyl (C=O) groups excluding carboxylic acids is 1. The van der Waals surface area contributed by atoms with Gasteiger partial charge >= 0.3 is 0 Å². The number of hydrogen-bond acceptors (Lipinski definition) is 6. The van der Waals surface area contributed by atoms with Crippen molar-refractivity contribution in [1.82, 2.24) is 29.8 Å². The molecule has 4 heterocycles. The van der Waals surface area contributed by atoms with E-state index in [1.165, 1.54) is 0 Å². The number of nitrogens with zero attached hydrogens (tertiary/aromatic N) is 5. The van der Waals surface area contributed by atoms with Crippen LogP contribution in [0.1, 0.15) is 44.0 Å². The van der Waals surface area contributed by atoms with Crippen LogP contribution in [0.2, 0.25) is 0 Å². The van der Waals surface area contributed by atoms with Crippen LogP contribution in [0.4, 0.5) is 0 Å². The number of pyridine rings is 2. The van der Waals surface area contributed by atoms with Crippen molar-refractivity contribution in [2.45, 2.75) is 44.6 Å². The SMILES string of the molecule is N#CC[C@H]1CC[C@H](n2c(CC(=O)NCCOc3ccncc3)nc3cnc4[nH]ccc4c32)CC1. The Balaban J connectivity index is 1.33. The summed E-state index contributed by atoms with van der Waals surface area (Å²) in [6, 6.07) is 8.14. The maximum absolute atomic E-state index is 12.8. The average molecular weight is 458 g/mol. The maximum Gasteiger partial charge on any atom is 0.227 e. The van der Waals surface area contributed by atoms with Gasteiger partial charge in [0.15, 0.2) is 0 Å². The molecule has 0 unspecified atom stereocenters. The van der Waals surface area contributed by atoms with Crippen LogP contribution in [0.15, 0.2) is 43.0 Å². The Morgan fingerprint density at radius 3 is 2.85 bits per heavy atom.